The van der Waals surface area contributed by atoms with E-state index in [-0.39, 0.29) is 5.69 Å². The van der Waals surface area contributed by atoms with Gasteiger partial charge in [0.05, 0.1) is 19.9 Å². The smallest absolute Gasteiger partial charge is 0.271 e. The number of carbonyl (C=O) groups excluding carboxylic acids is 1. The molecule has 7 nitrogen and oxygen atoms in total. The van der Waals surface area contributed by atoms with Gasteiger partial charge in [0.15, 0.2) is 0 Å². The number of nitrogens with one attached hydrogen (secondary N) is 1. The van der Waals surface area contributed by atoms with E-state index in [0.29, 0.717) is 30.2 Å². The number of hydrogen-bond donors (Lipinski definition) is 1. The Labute approximate surface area is 166 Å². The number of carbonyl (C=O) groups is 1. The molecule has 2 aromatic carbocycles. The molecule has 3 rings (SSSR count). The molecule has 0 atom stereocenters. The Hall–Kier alpha value is -3.68. The summed E-state index contributed by atoms with van der Waals surface area (Å²) in [4.78, 5) is 24.5. The van der Waals surface area contributed by atoms with Crippen molar-refractivity contribution in [3.05, 3.63) is 82.0 Å². The first kappa shape index (κ1) is 20.1. The molecule has 0 aliphatic carbocycles. The van der Waals surface area contributed by atoms with E-state index in [4.69, 9.17) is 9.47 Å². The zero-order valence-electron chi connectivity index (χ0n) is 16.0. The van der Waals surface area contributed by atoms with Gasteiger partial charge < -0.3 is 14.8 Å². The second kappa shape index (κ2) is 9.01. The van der Waals surface area contributed by atoms with Crippen molar-refractivity contribution in [3.8, 4) is 17.2 Å². The Morgan fingerprint density at radius 2 is 1.83 bits per heavy atom. The Morgan fingerprint density at radius 1 is 1.07 bits per heavy atom. The molecule has 0 radical (unpaired) electrons. The summed E-state index contributed by atoms with van der Waals surface area (Å²) < 4.78 is 24.7. The Kier molecular flexibility index (Phi) is 6.23. The summed E-state index contributed by atoms with van der Waals surface area (Å²) in [5.74, 6) is 0.537. The normalized spacial score (nSPS) is 10.4. The van der Waals surface area contributed by atoms with Gasteiger partial charge in [-0.1, -0.05) is 0 Å². The van der Waals surface area contributed by atoms with Crippen LogP contribution in [-0.2, 0) is 6.42 Å². The predicted octanol–water partition coefficient (Wildman–Crippen LogP) is 2.36. The van der Waals surface area contributed by atoms with E-state index in [1.807, 2.05) is 6.07 Å². The third kappa shape index (κ3) is 4.78. The third-order valence-corrected chi connectivity index (χ3v) is 4.27. The van der Waals surface area contributed by atoms with Crippen LogP contribution in [0.4, 0.5) is 4.39 Å². The summed E-state index contributed by atoms with van der Waals surface area (Å²) in [6.07, 6.45) is 0.518. The molecule has 29 heavy (non-hydrogen) atoms. The number of benzene rings is 2. The summed E-state index contributed by atoms with van der Waals surface area (Å²) in [6.45, 7) is 0.333. The topological polar surface area (TPSA) is 82.5 Å². The number of nitrogens with zero attached hydrogens (tertiary/aromatic N) is 2. The Bertz CT molecular complexity index is 1060. The molecule has 0 saturated carbocycles. The van der Waals surface area contributed by atoms with E-state index >= 15 is 0 Å². The van der Waals surface area contributed by atoms with Crippen molar-refractivity contribution >= 4 is 5.91 Å². The summed E-state index contributed by atoms with van der Waals surface area (Å²) in [7, 11) is 3.15. The minimum Gasteiger partial charge on any atom is -0.497 e. The van der Waals surface area contributed by atoms with Crippen LogP contribution >= 0.6 is 0 Å². The molecule has 0 saturated heterocycles. The second-order valence-corrected chi connectivity index (χ2v) is 6.13. The van der Waals surface area contributed by atoms with Crippen molar-refractivity contribution in [1.82, 2.24) is 15.1 Å². The number of methoxy groups -OCH3 is 2. The number of aromatic nitrogens is 2. The van der Waals surface area contributed by atoms with Crippen LogP contribution in [0.1, 0.15) is 16.1 Å². The maximum atomic E-state index is 13.1. The SMILES string of the molecule is COc1ccc(OC)c(CCNC(=O)c2ccc(=O)n(-c3ccc(F)cc3)n2)c1. The van der Waals surface area contributed by atoms with Crippen molar-refractivity contribution in [2.24, 2.45) is 0 Å². The molecular formula is C21H20FN3O4. The van der Waals surface area contributed by atoms with Gasteiger partial charge in [-0.3, -0.25) is 9.59 Å². The summed E-state index contributed by atoms with van der Waals surface area (Å²) in [5, 5.41) is 6.85. The summed E-state index contributed by atoms with van der Waals surface area (Å²) in [6, 6.07) is 13.3. The molecule has 8 heteroatoms. The molecule has 150 valence electrons. The minimum absolute atomic E-state index is 0.0755. The van der Waals surface area contributed by atoms with Crippen molar-refractivity contribution in [3.63, 3.8) is 0 Å². The van der Waals surface area contributed by atoms with Crippen LogP contribution in [0, 0.1) is 5.82 Å². The molecule has 1 aromatic heterocycles. The maximum absolute atomic E-state index is 13.1. The van der Waals surface area contributed by atoms with E-state index in [1.165, 1.54) is 36.4 Å². The average Bonchev–Trinajstić information content (AvgIpc) is 2.74. The maximum Gasteiger partial charge on any atom is 0.271 e. The Balaban J connectivity index is 1.71. The molecule has 0 spiro atoms. The molecule has 3 aromatic rings. The average molecular weight is 397 g/mol. The largest absolute Gasteiger partial charge is 0.497 e. The van der Waals surface area contributed by atoms with E-state index in [2.05, 4.69) is 10.4 Å². The van der Waals surface area contributed by atoms with Crippen molar-refractivity contribution in [2.45, 2.75) is 6.42 Å². The quantitative estimate of drug-likeness (QED) is 0.662. The number of amides is 1. The van der Waals surface area contributed by atoms with E-state index in [1.54, 1.807) is 26.4 Å². The van der Waals surface area contributed by atoms with Gasteiger partial charge in [-0.05, 0) is 60.5 Å². The molecule has 1 amide bonds. The van der Waals surface area contributed by atoms with Gasteiger partial charge in [-0.2, -0.15) is 9.78 Å². The fourth-order valence-corrected chi connectivity index (χ4v) is 2.78. The second-order valence-electron chi connectivity index (χ2n) is 6.13. The molecular weight excluding hydrogens is 377 g/mol. The summed E-state index contributed by atoms with van der Waals surface area (Å²) >= 11 is 0. The van der Waals surface area contributed by atoms with Crippen molar-refractivity contribution in [2.75, 3.05) is 20.8 Å². The van der Waals surface area contributed by atoms with Crippen LogP contribution in [0.2, 0.25) is 0 Å². The Morgan fingerprint density at radius 3 is 2.52 bits per heavy atom. The lowest BCUT2D eigenvalue weighted by Crippen LogP contribution is -2.30. The number of ether oxygens (including phenoxy) is 2. The van der Waals surface area contributed by atoms with Crippen molar-refractivity contribution in [1.29, 1.82) is 0 Å². The lowest BCUT2D eigenvalue weighted by Gasteiger charge is -2.11. The predicted molar refractivity (Wildman–Crippen MR) is 105 cm³/mol. The number of halogens is 1. The van der Waals surface area contributed by atoms with Gasteiger partial charge in [-0.25, -0.2) is 4.39 Å². The molecule has 0 aliphatic heterocycles. The molecule has 0 fully saturated rings. The summed E-state index contributed by atoms with van der Waals surface area (Å²) in [5.41, 5.74) is 0.907. The fraction of sp³-hybridized carbons (Fsp3) is 0.190. The van der Waals surface area contributed by atoms with E-state index < -0.39 is 17.3 Å². The minimum atomic E-state index is -0.428. The van der Waals surface area contributed by atoms with Gasteiger partial charge in [0.2, 0.25) is 0 Å². The van der Waals surface area contributed by atoms with Gasteiger partial charge in [0, 0.05) is 12.6 Å². The molecule has 0 aliphatic rings. The van der Waals surface area contributed by atoms with Crippen LogP contribution in [0.15, 0.2) is 59.4 Å². The van der Waals surface area contributed by atoms with Crippen LogP contribution in [0.3, 0.4) is 0 Å². The van der Waals surface area contributed by atoms with Gasteiger partial charge in [0.1, 0.15) is 23.0 Å². The van der Waals surface area contributed by atoms with Gasteiger partial charge in [0.25, 0.3) is 11.5 Å². The first-order valence-electron chi connectivity index (χ1n) is 8.87. The standard InChI is InChI=1S/C21H20FN3O4/c1-28-17-7-9-19(29-2)14(13-17)11-12-23-21(27)18-8-10-20(26)25(24-18)16-5-3-15(22)4-6-16/h3-10,13H,11-12H2,1-2H3,(H,23,27). The first-order chi connectivity index (χ1) is 14.0. The lowest BCUT2D eigenvalue weighted by molar-refractivity contribution is 0.0947. The van der Waals surface area contributed by atoms with Crippen LogP contribution in [0.5, 0.6) is 11.5 Å². The molecule has 0 unspecified atom stereocenters. The number of rotatable bonds is 7. The van der Waals surface area contributed by atoms with E-state index in [9.17, 15) is 14.0 Å². The zero-order valence-corrected chi connectivity index (χ0v) is 16.0. The van der Waals surface area contributed by atoms with Gasteiger partial charge >= 0.3 is 0 Å². The highest BCUT2D eigenvalue weighted by Gasteiger charge is 2.12. The molecule has 1 heterocycles. The van der Waals surface area contributed by atoms with Gasteiger partial charge in [-0.15, -0.1) is 0 Å². The highest BCUT2D eigenvalue weighted by molar-refractivity contribution is 5.92. The molecule has 1 N–H and O–H groups in total. The third-order valence-electron chi connectivity index (χ3n) is 4.27. The molecule has 0 bridgehead atoms. The zero-order chi connectivity index (χ0) is 20.8. The van der Waals surface area contributed by atoms with E-state index in [0.717, 1.165) is 10.2 Å². The fourth-order valence-electron chi connectivity index (χ4n) is 2.78. The highest BCUT2D eigenvalue weighted by Crippen LogP contribution is 2.24. The van der Waals surface area contributed by atoms with Crippen LogP contribution in [0.25, 0.3) is 5.69 Å². The monoisotopic (exact) mass is 397 g/mol. The van der Waals surface area contributed by atoms with Crippen LogP contribution < -0.4 is 20.3 Å². The lowest BCUT2D eigenvalue weighted by atomic mass is 10.1. The first-order valence-corrected chi connectivity index (χ1v) is 8.87. The van der Waals surface area contributed by atoms with Crippen molar-refractivity contribution < 1.29 is 18.7 Å². The van der Waals surface area contributed by atoms with Crippen LogP contribution in [-0.4, -0.2) is 36.5 Å². The number of hydrogen-bond acceptors (Lipinski definition) is 5. The highest BCUT2D eigenvalue weighted by atomic mass is 19.1.